The van der Waals surface area contributed by atoms with E-state index in [1.807, 2.05) is 0 Å². The van der Waals surface area contributed by atoms with Crippen LogP contribution in [0.15, 0.2) is 52.3 Å². The van der Waals surface area contributed by atoms with Crippen LogP contribution in [0.2, 0.25) is 0 Å². The lowest BCUT2D eigenvalue weighted by atomic mass is 10.2. The fraction of sp³-hybridized carbons (Fsp3) is 0.0769. The molecule has 0 aliphatic carbocycles. The molecule has 0 saturated carbocycles. The average molecular weight is 319 g/mol. The second kappa shape index (κ2) is 5.03. The number of nitrogens with two attached hydrogens (primary N) is 1. The van der Waals surface area contributed by atoms with E-state index in [2.05, 4.69) is 0 Å². The van der Waals surface area contributed by atoms with Gasteiger partial charge in [0.25, 0.3) is 0 Å². The Hall–Kier alpha value is -2.09. The molecule has 0 saturated heterocycles. The molecule has 0 aliphatic heterocycles. The van der Waals surface area contributed by atoms with Crippen molar-refractivity contribution in [2.24, 2.45) is 0 Å². The zero-order chi connectivity index (χ0) is 15.8. The Morgan fingerprint density at radius 2 is 1.67 bits per heavy atom. The smallest absolute Gasteiger partial charge is 0.398 e. The molecular weight excluding hydrogens is 310 g/mol. The first-order valence-electron chi connectivity index (χ1n) is 5.60. The molecule has 8 heteroatoms. The van der Waals surface area contributed by atoms with Gasteiger partial charge in [0.2, 0.25) is 9.84 Å². The van der Waals surface area contributed by atoms with Crippen molar-refractivity contribution < 1.29 is 26.0 Å². The van der Waals surface area contributed by atoms with Gasteiger partial charge in [-0.3, -0.25) is 0 Å². The normalized spacial score (nSPS) is 12.4. The molecule has 2 aromatic carbocycles. The van der Waals surface area contributed by atoms with E-state index in [9.17, 15) is 26.0 Å². The molecule has 2 N–H and O–H groups in total. The van der Waals surface area contributed by atoms with Crippen molar-refractivity contribution >= 4 is 15.5 Å². The molecule has 21 heavy (non-hydrogen) atoms. The SMILES string of the molecule is Nc1ccc(C(F)(F)F)cc1S(=O)(=O)c1cccc(F)c1. The van der Waals surface area contributed by atoms with E-state index in [1.54, 1.807) is 0 Å². The fourth-order valence-electron chi connectivity index (χ4n) is 1.70. The molecule has 0 bridgehead atoms. The van der Waals surface area contributed by atoms with Gasteiger partial charge in [0, 0.05) is 0 Å². The Kier molecular flexibility index (Phi) is 3.66. The molecule has 112 valence electrons. The lowest BCUT2D eigenvalue weighted by Crippen LogP contribution is -2.10. The predicted octanol–water partition coefficient (Wildman–Crippen LogP) is 3.26. The lowest BCUT2D eigenvalue weighted by Gasteiger charge is -2.12. The van der Waals surface area contributed by atoms with Crippen molar-refractivity contribution in [3.05, 3.63) is 53.8 Å². The lowest BCUT2D eigenvalue weighted by molar-refractivity contribution is -0.137. The summed E-state index contributed by atoms with van der Waals surface area (Å²) in [7, 11) is -4.34. The zero-order valence-corrected chi connectivity index (χ0v) is 11.2. The topological polar surface area (TPSA) is 60.2 Å². The first-order chi connectivity index (χ1) is 9.62. The van der Waals surface area contributed by atoms with Crippen LogP contribution < -0.4 is 5.73 Å². The molecule has 0 atom stereocenters. The van der Waals surface area contributed by atoms with Crippen LogP contribution in [0.1, 0.15) is 5.56 Å². The first-order valence-corrected chi connectivity index (χ1v) is 7.08. The Morgan fingerprint density at radius 1 is 1.00 bits per heavy atom. The molecule has 0 unspecified atom stereocenters. The fourth-order valence-corrected chi connectivity index (χ4v) is 3.14. The highest BCUT2D eigenvalue weighted by molar-refractivity contribution is 7.91. The van der Waals surface area contributed by atoms with E-state index in [1.165, 1.54) is 0 Å². The molecule has 0 aromatic heterocycles. The van der Waals surface area contributed by atoms with E-state index >= 15 is 0 Å². The molecule has 2 rings (SSSR count). The molecular formula is C13H9F4NO2S. The zero-order valence-electron chi connectivity index (χ0n) is 10.4. The van der Waals surface area contributed by atoms with E-state index in [0.717, 1.165) is 30.3 Å². The summed E-state index contributed by atoms with van der Waals surface area (Å²) in [5.74, 6) is -0.818. The van der Waals surface area contributed by atoms with Gasteiger partial charge >= 0.3 is 6.18 Å². The number of nitrogen functional groups attached to an aromatic ring is 1. The van der Waals surface area contributed by atoms with Crippen LogP contribution in [0.25, 0.3) is 0 Å². The van der Waals surface area contributed by atoms with Gasteiger partial charge in [0.05, 0.1) is 21.0 Å². The summed E-state index contributed by atoms with van der Waals surface area (Å²) in [5.41, 5.74) is 3.97. The maximum Gasteiger partial charge on any atom is 0.416 e. The van der Waals surface area contributed by atoms with Gasteiger partial charge in [0.15, 0.2) is 0 Å². The Labute approximate surface area is 117 Å². The van der Waals surface area contributed by atoms with Crippen molar-refractivity contribution in [3.8, 4) is 0 Å². The van der Waals surface area contributed by atoms with Crippen LogP contribution in [0, 0.1) is 5.82 Å². The number of halogens is 4. The Balaban J connectivity index is 2.65. The highest BCUT2D eigenvalue weighted by Crippen LogP contribution is 2.34. The third-order valence-electron chi connectivity index (χ3n) is 2.74. The summed E-state index contributed by atoms with van der Waals surface area (Å²) < 4.78 is 75.6. The highest BCUT2D eigenvalue weighted by atomic mass is 32.2. The van der Waals surface area contributed by atoms with Gasteiger partial charge in [-0.15, -0.1) is 0 Å². The van der Waals surface area contributed by atoms with Gasteiger partial charge in [-0.05, 0) is 36.4 Å². The second-order valence-corrected chi connectivity index (χ2v) is 6.13. The number of rotatable bonds is 2. The molecule has 2 aromatic rings. The van der Waals surface area contributed by atoms with Crippen LogP contribution in [-0.2, 0) is 16.0 Å². The molecule has 0 spiro atoms. The minimum Gasteiger partial charge on any atom is -0.398 e. The van der Waals surface area contributed by atoms with Crippen molar-refractivity contribution in [1.29, 1.82) is 0 Å². The van der Waals surface area contributed by atoms with Crippen LogP contribution >= 0.6 is 0 Å². The average Bonchev–Trinajstić information content (AvgIpc) is 2.37. The molecule has 0 heterocycles. The van der Waals surface area contributed by atoms with Crippen LogP contribution in [0.3, 0.4) is 0 Å². The molecule has 0 fully saturated rings. The van der Waals surface area contributed by atoms with Crippen molar-refractivity contribution in [3.63, 3.8) is 0 Å². The van der Waals surface area contributed by atoms with Crippen LogP contribution in [0.5, 0.6) is 0 Å². The number of hydrogen-bond acceptors (Lipinski definition) is 3. The number of sulfone groups is 1. The van der Waals surface area contributed by atoms with Crippen molar-refractivity contribution in [2.75, 3.05) is 5.73 Å². The number of alkyl halides is 3. The van der Waals surface area contributed by atoms with Crippen LogP contribution in [0.4, 0.5) is 23.2 Å². The van der Waals surface area contributed by atoms with E-state index in [4.69, 9.17) is 5.73 Å². The second-order valence-electron chi connectivity index (χ2n) is 4.21. The summed E-state index contributed by atoms with van der Waals surface area (Å²) in [5, 5.41) is 0. The third-order valence-corrected chi connectivity index (χ3v) is 4.54. The minimum atomic E-state index is -4.71. The largest absolute Gasteiger partial charge is 0.416 e. The quantitative estimate of drug-likeness (QED) is 0.683. The van der Waals surface area contributed by atoms with Gasteiger partial charge < -0.3 is 5.73 Å². The van der Waals surface area contributed by atoms with Crippen molar-refractivity contribution in [1.82, 2.24) is 0 Å². The van der Waals surface area contributed by atoms with Gasteiger partial charge in [-0.25, -0.2) is 12.8 Å². The predicted molar refractivity (Wildman–Crippen MR) is 67.7 cm³/mol. The van der Waals surface area contributed by atoms with Gasteiger partial charge in [-0.1, -0.05) is 6.07 Å². The van der Waals surface area contributed by atoms with Gasteiger partial charge in [-0.2, -0.15) is 13.2 Å². The summed E-state index contributed by atoms with van der Waals surface area (Å²) in [6, 6.07) is 5.94. The van der Waals surface area contributed by atoms with E-state index in [0.29, 0.717) is 12.1 Å². The molecule has 0 radical (unpaired) electrons. The maximum atomic E-state index is 13.1. The standard InChI is InChI=1S/C13H9F4NO2S/c14-9-2-1-3-10(7-9)21(19,20)12-6-8(13(15,16)17)4-5-11(12)18/h1-7H,18H2. The molecule has 3 nitrogen and oxygen atoms in total. The Bertz CT molecular complexity index is 785. The summed E-state index contributed by atoms with van der Waals surface area (Å²) >= 11 is 0. The molecule has 0 amide bonds. The van der Waals surface area contributed by atoms with Crippen molar-refractivity contribution in [2.45, 2.75) is 16.0 Å². The highest BCUT2D eigenvalue weighted by Gasteiger charge is 2.33. The number of hydrogen-bond donors (Lipinski definition) is 1. The third kappa shape index (κ3) is 2.99. The monoisotopic (exact) mass is 319 g/mol. The van der Waals surface area contributed by atoms with Gasteiger partial charge in [0.1, 0.15) is 5.82 Å². The Morgan fingerprint density at radius 3 is 2.24 bits per heavy atom. The summed E-state index contributed by atoms with van der Waals surface area (Å²) in [6.45, 7) is 0. The minimum absolute atomic E-state index is 0.340. The summed E-state index contributed by atoms with van der Waals surface area (Å²) in [6.07, 6.45) is -4.71. The first kappa shape index (κ1) is 15.3. The number of anilines is 1. The van der Waals surface area contributed by atoms with E-state index < -0.39 is 37.2 Å². The van der Waals surface area contributed by atoms with E-state index in [-0.39, 0.29) is 5.69 Å². The number of benzene rings is 2. The maximum absolute atomic E-state index is 13.1. The van der Waals surface area contributed by atoms with Crippen LogP contribution in [-0.4, -0.2) is 8.42 Å². The molecule has 0 aliphatic rings. The summed E-state index contributed by atoms with van der Waals surface area (Å²) in [4.78, 5) is -1.17.